The van der Waals surface area contributed by atoms with Crippen molar-refractivity contribution in [1.29, 1.82) is 0 Å². The molecule has 0 aliphatic rings. The molecule has 4 aromatic rings. The van der Waals surface area contributed by atoms with Crippen LogP contribution in [-0.2, 0) is 27.9 Å². The van der Waals surface area contributed by atoms with Gasteiger partial charge < -0.3 is 19.5 Å². The number of carbonyl (C=O) groups is 1. The number of nitrogens with one attached hydrogen (secondary N) is 1. The summed E-state index contributed by atoms with van der Waals surface area (Å²) in [5.41, 5.74) is 5.71. The standard InChI is InChI=1S/C31H32N2O6S/c1-22-8-4-5-9-25(22)20-33(30-13-7-12-29(23(30)2)32-40(3,36)37)19-24-14-16-26(17-15-24)39-28-11-6-10-27(18-28)38-21-31(34)35/h4-18,32H,19-21H2,1-3H3,(H,34,35). The maximum Gasteiger partial charge on any atom is 0.341 e. The second-order valence-corrected chi connectivity index (χ2v) is 11.3. The Morgan fingerprint density at radius 3 is 2.25 bits per heavy atom. The van der Waals surface area contributed by atoms with Crippen LogP contribution in [0.5, 0.6) is 17.2 Å². The van der Waals surface area contributed by atoms with E-state index in [-0.39, 0.29) is 0 Å². The molecule has 0 saturated carbocycles. The molecule has 208 valence electrons. The third-order valence-electron chi connectivity index (χ3n) is 6.26. The molecule has 4 rings (SSSR count). The van der Waals surface area contributed by atoms with Crippen molar-refractivity contribution in [3.63, 3.8) is 0 Å². The molecule has 0 aliphatic carbocycles. The number of aryl methyl sites for hydroxylation is 1. The van der Waals surface area contributed by atoms with Gasteiger partial charge in [-0.2, -0.15) is 0 Å². The predicted octanol–water partition coefficient (Wildman–Crippen LogP) is 6.14. The van der Waals surface area contributed by atoms with Crippen LogP contribution in [0.3, 0.4) is 0 Å². The molecular formula is C31H32N2O6S. The van der Waals surface area contributed by atoms with Crippen LogP contribution in [0.2, 0.25) is 0 Å². The first-order valence-electron chi connectivity index (χ1n) is 12.7. The molecule has 9 heteroatoms. The van der Waals surface area contributed by atoms with Crippen LogP contribution in [0.1, 0.15) is 22.3 Å². The van der Waals surface area contributed by atoms with E-state index in [1.165, 1.54) is 11.1 Å². The summed E-state index contributed by atoms with van der Waals surface area (Å²) in [6, 6.07) is 28.4. The van der Waals surface area contributed by atoms with Crippen LogP contribution in [0.4, 0.5) is 11.4 Å². The van der Waals surface area contributed by atoms with E-state index in [1.807, 2.05) is 55.5 Å². The van der Waals surface area contributed by atoms with Crippen molar-refractivity contribution in [3.8, 4) is 17.2 Å². The number of rotatable bonds is 12. The zero-order valence-corrected chi connectivity index (χ0v) is 23.4. The number of aliphatic carboxylic acids is 1. The second kappa shape index (κ2) is 12.6. The lowest BCUT2D eigenvalue weighted by atomic mass is 10.1. The largest absolute Gasteiger partial charge is 0.482 e. The normalized spacial score (nSPS) is 11.1. The van der Waals surface area contributed by atoms with E-state index in [9.17, 15) is 13.2 Å². The fourth-order valence-corrected chi connectivity index (χ4v) is 4.91. The monoisotopic (exact) mass is 560 g/mol. The highest BCUT2D eigenvalue weighted by Crippen LogP contribution is 2.31. The SMILES string of the molecule is Cc1ccccc1CN(Cc1ccc(Oc2cccc(OCC(=O)O)c2)cc1)c1cccc(NS(C)(=O)=O)c1C. The van der Waals surface area contributed by atoms with Crippen LogP contribution >= 0.6 is 0 Å². The van der Waals surface area contributed by atoms with E-state index in [2.05, 4.69) is 28.7 Å². The van der Waals surface area contributed by atoms with Crippen LogP contribution in [0.15, 0.2) is 91.0 Å². The average Bonchev–Trinajstić information content (AvgIpc) is 2.90. The minimum absolute atomic E-state index is 0.409. The van der Waals surface area contributed by atoms with Gasteiger partial charge in [0.25, 0.3) is 0 Å². The molecule has 0 unspecified atom stereocenters. The Labute approximate surface area is 234 Å². The molecule has 0 amide bonds. The van der Waals surface area contributed by atoms with Crippen LogP contribution < -0.4 is 19.1 Å². The molecule has 0 fully saturated rings. The number of hydrogen-bond donors (Lipinski definition) is 2. The summed E-state index contributed by atoms with van der Waals surface area (Å²) in [7, 11) is -3.42. The van der Waals surface area contributed by atoms with Crippen molar-refractivity contribution in [2.24, 2.45) is 0 Å². The maximum atomic E-state index is 11.9. The Balaban J connectivity index is 1.56. The lowest BCUT2D eigenvalue weighted by Crippen LogP contribution is -2.24. The van der Waals surface area contributed by atoms with Gasteiger partial charge in [0.1, 0.15) is 17.2 Å². The molecule has 8 nitrogen and oxygen atoms in total. The molecule has 0 heterocycles. The Kier molecular flexibility index (Phi) is 8.96. The van der Waals surface area contributed by atoms with Crippen molar-refractivity contribution >= 4 is 27.4 Å². The van der Waals surface area contributed by atoms with Gasteiger partial charge in [-0.3, -0.25) is 4.72 Å². The molecule has 0 radical (unpaired) electrons. The first-order chi connectivity index (χ1) is 19.1. The molecule has 4 aromatic carbocycles. The number of nitrogens with zero attached hydrogens (tertiary/aromatic N) is 1. The fraction of sp³-hybridized carbons (Fsp3) is 0.194. The molecule has 40 heavy (non-hydrogen) atoms. The lowest BCUT2D eigenvalue weighted by Gasteiger charge is -2.28. The predicted molar refractivity (Wildman–Crippen MR) is 157 cm³/mol. The topological polar surface area (TPSA) is 105 Å². The first-order valence-corrected chi connectivity index (χ1v) is 14.5. The van der Waals surface area contributed by atoms with Gasteiger partial charge in [-0.25, -0.2) is 13.2 Å². The molecule has 0 atom stereocenters. The Bertz CT molecular complexity index is 1590. The van der Waals surface area contributed by atoms with Crippen molar-refractivity contribution in [3.05, 3.63) is 113 Å². The summed E-state index contributed by atoms with van der Waals surface area (Å²) >= 11 is 0. The van der Waals surface area contributed by atoms with Gasteiger partial charge in [0.05, 0.1) is 11.9 Å². The highest BCUT2D eigenvalue weighted by molar-refractivity contribution is 7.92. The Morgan fingerprint density at radius 1 is 0.850 bits per heavy atom. The maximum absolute atomic E-state index is 11.9. The second-order valence-electron chi connectivity index (χ2n) is 9.51. The average molecular weight is 561 g/mol. The number of hydrogen-bond acceptors (Lipinski definition) is 6. The molecule has 0 bridgehead atoms. The van der Waals surface area contributed by atoms with Gasteiger partial charge >= 0.3 is 5.97 Å². The first kappa shape index (κ1) is 28.5. The summed E-state index contributed by atoms with van der Waals surface area (Å²) < 4.78 is 37.7. The zero-order chi connectivity index (χ0) is 28.7. The smallest absolute Gasteiger partial charge is 0.341 e. The van der Waals surface area contributed by atoms with E-state index >= 15 is 0 Å². The van der Waals surface area contributed by atoms with E-state index in [1.54, 1.807) is 30.3 Å². The quantitative estimate of drug-likeness (QED) is 0.215. The summed E-state index contributed by atoms with van der Waals surface area (Å²) in [4.78, 5) is 13.0. The van der Waals surface area contributed by atoms with Gasteiger partial charge in [0, 0.05) is 24.8 Å². The van der Waals surface area contributed by atoms with Crippen molar-refractivity contribution in [2.45, 2.75) is 26.9 Å². The van der Waals surface area contributed by atoms with Crippen molar-refractivity contribution in [1.82, 2.24) is 0 Å². The van der Waals surface area contributed by atoms with Crippen molar-refractivity contribution < 1.29 is 27.8 Å². The molecule has 0 aromatic heterocycles. The lowest BCUT2D eigenvalue weighted by molar-refractivity contribution is -0.139. The van der Waals surface area contributed by atoms with Gasteiger partial charge in [-0.05, 0) is 72.5 Å². The molecule has 2 N–H and O–H groups in total. The van der Waals surface area contributed by atoms with E-state index in [4.69, 9.17) is 14.6 Å². The Hall–Kier alpha value is -4.50. The highest BCUT2D eigenvalue weighted by atomic mass is 32.2. The number of ether oxygens (including phenoxy) is 2. The molecule has 0 aliphatic heterocycles. The van der Waals surface area contributed by atoms with Crippen molar-refractivity contribution in [2.75, 3.05) is 22.5 Å². The number of carboxylic acid groups (broad SMARTS) is 1. The van der Waals surface area contributed by atoms with Crippen LogP contribution in [-0.4, -0.2) is 32.4 Å². The third kappa shape index (κ3) is 8.00. The molecule has 0 saturated heterocycles. The van der Waals surface area contributed by atoms with Gasteiger partial charge in [-0.1, -0.05) is 48.5 Å². The Morgan fingerprint density at radius 2 is 1.55 bits per heavy atom. The number of benzene rings is 4. The van der Waals surface area contributed by atoms with E-state index < -0.39 is 22.6 Å². The molecular weight excluding hydrogens is 528 g/mol. The zero-order valence-electron chi connectivity index (χ0n) is 22.6. The minimum Gasteiger partial charge on any atom is -0.482 e. The summed E-state index contributed by atoms with van der Waals surface area (Å²) in [5, 5.41) is 8.82. The highest BCUT2D eigenvalue weighted by Gasteiger charge is 2.16. The summed E-state index contributed by atoms with van der Waals surface area (Å²) in [5.74, 6) is 0.515. The van der Waals surface area contributed by atoms with Crippen LogP contribution in [0.25, 0.3) is 0 Å². The summed E-state index contributed by atoms with van der Waals surface area (Å²) in [6.45, 7) is 4.78. The number of carboxylic acids is 1. The fourth-order valence-electron chi connectivity index (χ4n) is 4.29. The van der Waals surface area contributed by atoms with E-state index in [0.717, 1.165) is 23.1 Å². The van der Waals surface area contributed by atoms with Crippen LogP contribution in [0, 0.1) is 13.8 Å². The molecule has 0 spiro atoms. The number of sulfonamides is 1. The van der Waals surface area contributed by atoms with Gasteiger partial charge in [0.2, 0.25) is 10.0 Å². The summed E-state index contributed by atoms with van der Waals surface area (Å²) in [6.07, 6.45) is 1.15. The third-order valence-corrected chi connectivity index (χ3v) is 6.85. The van der Waals surface area contributed by atoms with E-state index in [0.29, 0.717) is 36.0 Å². The van der Waals surface area contributed by atoms with Gasteiger partial charge in [-0.15, -0.1) is 0 Å². The van der Waals surface area contributed by atoms with Gasteiger partial charge in [0.15, 0.2) is 6.61 Å². The minimum atomic E-state index is -3.42. The number of anilines is 2.